The first-order valence-electron chi connectivity index (χ1n) is 5.69. The Labute approximate surface area is 112 Å². The first-order valence-corrected chi connectivity index (χ1v) is 6.10. The summed E-state index contributed by atoms with van der Waals surface area (Å²) in [5.41, 5.74) is 8.26. The van der Waals surface area contributed by atoms with E-state index in [1.54, 1.807) is 24.3 Å². The highest BCUT2D eigenvalue weighted by Crippen LogP contribution is 2.17. The second kappa shape index (κ2) is 7.50. The van der Waals surface area contributed by atoms with Crippen LogP contribution in [-0.2, 0) is 4.74 Å². The number of phenols is 1. The number of nitrogens with one attached hydrogen (secondary N) is 1. The van der Waals surface area contributed by atoms with Gasteiger partial charge in [0.1, 0.15) is 5.75 Å². The van der Waals surface area contributed by atoms with Gasteiger partial charge in [0.15, 0.2) is 5.11 Å². The molecule has 0 aliphatic rings. The molecule has 1 aromatic rings. The van der Waals surface area contributed by atoms with E-state index in [0.29, 0.717) is 12.2 Å². The lowest BCUT2D eigenvalue weighted by molar-refractivity contribution is 0.294. The van der Waals surface area contributed by atoms with Crippen molar-refractivity contribution in [1.82, 2.24) is 5.43 Å². The summed E-state index contributed by atoms with van der Waals surface area (Å²) >= 11 is 4.67. The van der Waals surface area contributed by atoms with Gasteiger partial charge in [-0.2, -0.15) is 0 Å². The molecule has 0 radical (unpaired) electrons. The van der Waals surface area contributed by atoms with Crippen molar-refractivity contribution in [1.29, 1.82) is 0 Å². The number of benzene rings is 1. The maximum absolute atomic E-state index is 9.75. The van der Waals surface area contributed by atoms with E-state index in [0.717, 1.165) is 12.8 Å². The van der Waals surface area contributed by atoms with Gasteiger partial charge in [-0.3, -0.25) is 5.43 Å². The van der Waals surface area contributed by atoms with Gasteiger partial charge in [-0.25, -0.2) is 0 Å². The van der Waals surface area contributed by atoms with Crippen LogP contribution in [0, 0.1) is 0 Å². The van der Waals surface area contributed by atoms with Crippen molar-refractivity contribution in [2.75, 3.05) is 6.61 Å². The predicted molar refractivity (Wildman–Crippen MR) is 75.4 cm³/mol. The molecule has 1 aromatic carbocycles. The Morgan fingerprint density at radius 1 is 1.50 bits per heavy atom. The van der Waals surface area contributed by atoms with Gasteiger partial charge in [-0.1, -0.05) is 25.5 Å². The first-order chi connectivity index (χ1) is 8.65. The molecule has 4 N–H and O–H groups in total. The number of ether oxygens (including phenoxy) is 1. The van der Waals surface area contributed by atoms with Crippen molar-refractivity contribution in [3.8, 4) is 5.75 Å². The molecule has 0 bridgehead atoms. The van der Waals surface area contributed by atoms with E-state index in [-0.39, 0.29) is 16.8 Å². The minimum Gasteiger partial charge on any atom is -0.507 e. The molecule has 0 fully saturated rings. The fourth-order valence-electron chi connectivity index (χ4n) is 1.24. The summed E-state index contributed by atoms with van der Waals surface area (Å²) in [4.78, 5) is 0. The summed E-state index contributed by atoms with van der Waals surface area (Å²) < 4.78 is 5.51. The van der Waals surface area contributed by atoms with Crippen LogP contribution in [0.4, 0.5) is 0 Å². The second-order valence-electron chi connectivity index (χ2n) is 3.61. The molecule has 0 amide bonds. The Hall–Kier alpha value is -1.82. The number of rotatable bonds is 5. The van der Waals surface area contributed by atoms with Crippen molar-refractivity contribution >= 4 is 23.2 Å². The Morgan fingerprint density at radius 2 is 2.22 bits per heavy atom. The van der Waals surface area contributed by atoms with Gasteiger partial charge >= 0.3 is 0 Å². The molecule has 1 rings (SSSR count). The van der Waals surface area contributed by atoms with Gasteiger partial charge in [0, 0.05) is 0 Å². The summed E-state index contributed by atoms with van der Waals surface area (Å²) in [7, 11) is 0. The van der Waals surface area contributed by atoms with E-state index in [1.807, 2.05) is 0 Å². The molecular formula is C12H17N3O2S. The zero-order valence-corrected chi connectivity index (χ0v) is 11.0. The van der Waals surface area contributed by atoms with Crippen LogP contribution in [0.15, 0.2) is 29.4 Å². The second-order valence-corrected chi connectivity index (χ2v) is 4.05. The number of thiocarbonyl (C=S) groups is 1. The minimum atomic E-state index is 0.0435. The Balaban J connectivity index is 2.86. The molecule has 0 aliphatic heterocycles. The molecule has 0 spiro atoms. The van der Waals surface area contributed by atoms with Gasteiger partial charge < -0.3 is 15.6 Å². The molecular weight excluding hydrogens is 250 g/mol. The van der Waals surface area contributed by atoms with Crippen LogP contribution in [0.2, 0.25) is 0 Å². The molecule has 0 saturated heterocycles. The average molecular weight is 267 g/mol. The highest BCUT2D eigenvalue weighted by Gasteiger charge is 2.10. The number of hydrazone groups is 1. The minimum absolute atomic E-state index is 0.0435. The van der Waals surface area contributed by atoms with Crippen LogP contribution >= 0.6 is 12.2 Å². The van der Waals surface area contributed by atoms with Gasteiger partial charge in [0.05, 0.1) is 12.2 Å². The summed E-state index contributed by atoms with van der Waals surface area (Å²) in [6.45, 7) is 2.58. The first kappa shape index (κ1) is 14.2. The maximum Gasteiger partial charge on any atom is 0.242 e. The van der Waals surface area contributed by atoms with E-state index in [4.69, 9.17) is 10.5 Å². The molecule has 18 heavy (non-hydrogen) atoms. The lowest BCUT2D eigenvalue weighted by Gasteiger charge is -2.10. The molecule has 5 nitrogen and oxygen atoms in total. The van der Waals surface area contributed by atoms with Crippen molar-refractivity contribution in [3.63, 3.8) is 0 Å². The maximum atomic E-state index is 9.75. The summed E-state index contributed by atoms with van der Waals surface area (Å²) in [6, 6.07) is 6.79. The Bertz CT molecular complexity index is 435. The number of nitrogens with two attached hydrogens (primary N) is 1. The fourth-order valence-corrected chi connectivity index (χ4v) is 1.29. The number of phenolic OH excluding ortho intramolecular Hbond substituents is 1. The SMILES string of the molecule is CCCCOC(=NNC(N)=S)c1ccccc1O. The highest BCUT2D eigenvalue weighted by molar-refractivity contribution is 7.80. The van der Waals surface area contributed by atoms with Gasteiger partial charge in [-0.05, 0) is 30.8 Å². The van der Waals surface area contributed by atoms with E-state index in [2.05, 4.69) is 29.7 Å². The van der Waals surface area contributed by atoms with Crippen molar-refractivity contribution in [3.05, 3.63) is 29.8 Å². The standard InChI is InChI=1S/C12H17N3O2S/c1-2-3-8-17-11(14-15-12(13)18)9-6-4-5-7-10(9)16/h4-7,16H,2-3,8H2,1H3,(H3,13,15,18). The molecule has 0 aliphatic carbocycles. The van der Waals surface area contributed by atoms with Crippen LogP contribution in [0.5, 0.6) is 5.75 Å². The van der Waals surface area contributed by atoms with Crippen LogP contribution in [-0.4, -0.2) is 22.7 Å². The Kier molecular flexibility index (Phi) is 5.93. The molecule has 6 heteroatoms. The number of unbranched alkanes of at least 4 members (excludes halogenated alkanes) is 1. The van der Waals surface area contributed by atoms with Gasteiger partial charge in [-0.15, -0.1) is 5.10 Å². The Morgan fingerprint density at radius 3 is 2.83 bits per heavy atom. The molecule has 0 unspecified atom stereocenters. The topological polar surface area (TPSA) is 79.9 Å². The largest absolute Gasteiger partial charge is 0.507 e. The van der Waals surface area contributed by atoms with Crippen molar-refractivity contribution in [2.24, 2.45) is 10.8 Å². The predicted octanol–water partition coefficient (Wildman–Crippen LogP) is 1.70. The van der Waals surface area contributed by atoms with Gasteiger partial charge in [0.25, 0.3) is 0 Å². The van der Waals surface area contributed by atoms with Crippen molar-refractivity contribution in [2.45, 2.75) is 19.8 Å². The van der Waals surface area contributed by atoms with E-state index >= 15 is 0 Å². The molecule has 0 atom stereocenters. The summed E-state index contributed by atoms with van der Waals surface area (Å²) in [5.74, 6) is 0.367. The molecule has 0 saturated carbocycles. The van der Waals surface area contributed by atoms with Crippen LogP contribution in [0.1, 0.15) is 25.3 Å². The lowest BCUT2D eigenvalue weighted by Crippen LogP contribution is -2.26. The molecule has 0 heterocycles. The van der Waals surface area contributed by atoms with Crippen molar-refractivity contribution < 1.29 is 9.84 Å². The van der Waals surface area contributed by atoms with E-state index < -0.39 is 0 Å². The van der Waals surface area contributed by atoms with Crippen LogP contribution in [0.25, 0.3) is 0 Å². The average Bonchev–Trinajstić information content (AvgIpc) is 2.34. The fraction of sp³-hybridized carbons (Fsp3) is 0.333. The normalized spacial score (nSPS) is 11.1. The molecule has 0 aromatic heterocycles. The van der Waals surface area contributed by atoms with E-state index in [1.165, 1.54) is 0 Å². The summed E-state index contributed by atoms with van der Waals surface area (Å²) in [5, 5.41) is 13.7. The number of aromatic hydroxyl groups is 1. The third-order valence-electron chi connectivity index (χ3n) is 2.14. The third-order valence-corrected chi connectivity index (χ3v) is 2.23. The van der Waals surface area contributed by atoms with Crippen LogP contribution < -0.4 is 11.2 Å². The zero-order chi connectivity index (χ0) is 13.4. The zero-order valence-electron chi connectivity index (χ0n) is 10.2. The smallest absolute Gasteiger partial charge is 0.242 e. The molecule has 98 valence electrons. The number of nitrogens with zero attached hydrogens (tertiary/aromatic N) is 1. The number of para-hydroxylation sites is 1. The lowest BCUT2D eigenvalue weighted by atomic mass is 10.2. The highest BCUT2D eigenvalue weighted by atomic mass is 32.1. The quantitative estimate of drug-likeness (QED) is 0.249. The van der Waals surface area contributed by atoms with E-state index in [9.17, 15) is 5.11 Å². The van der Waals surface area contributed by atoms with Gasteiger partial charge in [0.2, 0.25) is 5.90 Å². The number of hydrogen-bond acceptors (Lipinski definition) is 4. The summed E-state index contributed by atoms with van der Waals surface area (Å²) in [6.07, 6.45) is 1.91. The monoisotopic (exact) mass is 267 g/mol. The van der Waals surface area contributed by atoms with Crippen LogP contribution in [0.3, 0.4) is 0 Å². The third kappa shape index (κ3) is 4.58. The number of hydrogen-bond donors (Lipinski definition) is 3.